The Kier molecular flexibility index (Phi) is 5.88. The number of hydrogen-bond donors (Lipinski definition) is 1. The Morgan fingerprint density at radius 2 is 1.73 bits per heavy atom. The Morgan fingerprint density at radius 3 is 2.27 bits per heavy atom. The van der Waals surface area contributed by atoms with Gasteiger partial charge in [-0.15, -0.1) is 0 Å². The van der Waals surface area contributed by atoms with E-state index in [-0.39, 0.29) is 22.6 Å². The maximum absolute atomic E-state index is 13.2. The van der Waals surface area contributed by atoms with Crippen LogP contribution >= 0.6 is 15.9 Å². The SMILES string of the molecule is COc1ccc(C2/C(=C(\O)c3ccc(Br)cc3)C(=O)C(=O)N2c2cc(C(C)(C)C)on2)cc1. The number of nitrogens with zero attached hydrogens (tertiary/aromatic N) is 2. The van der Waals surface area contributed by atoms with Crippen LogP contribution in [0, 0.1) is 0 Å². The topological polar surface area (TPSA) is 92.9 Å². The zero-order valence-corrected chi connectivity index (χ0v) is 20.2. The third kappa shape index (κ3) is 4.18. The third-order valence-electron chi connectivity index (χ3n) is 5.48. The van der Waals surface area contributed by atoms with Crippen LogP contribution in [0.1, 0.15) is 43.7 Å². The van der Waals surface area contributed by atoms with Crippen molar-refractivity contribution >= 4 is 39.2 Å². The molecular weight excluding hydrogens is 488 g/mol. The molecule has 7 nitrogen and oxygen atoms in total. The van der Waals surface area contributed by atoms with Crippen LogP contribution in [-0.2, 0) is 15.0 Å². The van der Waals surface area contributed by atoms with Crippen molar-refractivity contribution in [1.29, 1.82) is 0 Å². The van der Waals surface area contributed by atoms with E-state index in [1.54, 1.807) is 61.7 Å². The number of carbonyl (C=O) groups is 2. The summed E-state index contributed by atoms with van der Waals surface area (Å²) in [5.41, 5.74) is 0.679. The first-order valence-electron chi connectivity index (χ1n) is 10.3. The van der Waals surface area contributed by atoms with Crippen LogP contribution in [0.3, 0.4) is 0 Å². The van der Waals surface area contributed by atoms with E-state index in [9.17, 15) is 14.7 Å². The summed E-state index contributed by atoms with van der Waals surface area (Å²) >= 11 is 3.36. The number of Topliss-reactive ketones (excluding diaryl/α,β-unsaturated/α-hetero) is 1. The van der Waals surface area contributed by atoms with Gasteiger partial charge in [0.1, 0.15) is 17.3 Å². The second-order valence-corrected chi connectivity index (χ2v) is 9.66. The van der Waals surface area contributed by atoms with E-state index in [2.05, 4.69) is 21.1 Å². The lowest BCUT2D eigenvalue weighted by Crippen LogP contribution is -2.29. The summed E-state index contributed by atoms with van der Waals surface area (Å²) in [5, 5.41) is 15.2. The van der Waals surface area contributed by atoms with Crippen molar-refractivity contribution in [3.05, 3.63) is 81.5 Å². The molecule has 0 radical (unpaired) electrons. The minimum atomic E-state index is -0.891. The highest BCUT2D eigenvalue weighted by Gasteiger charge is 2.48. The predicted molar refractivity (Wildman–Crippen MR) is 127 cm³/mol. The van der Waals surface area contributed by atoms with Crippen molar-refractivity contribution in [1.82, 2.24) is 5.16 Å². The molecule has 0 aliphatic carbocycles. The van der Waals surface area contributed by atoms with Crippen LogP contribution in [0.25, 0.3) is 5.76 Å². The van der Waals surface area contributed by atoms with Crippen LogP contribution in [0.2, 0.25) is 0 Å². The van der Waals surface area contributed by atoms with Gasteiger partial charge in [-0.05, 0) is 29.8 Å². The molecule has 1 aliphatic rings. The summed E-state index contributed by atoms with van der Waals surface area (Å²) in [4.78, 5) is 27.6. The van der Waals surface area contributed by atoms with Gasteiger partial charge in [0.2, 0.25) is 0 Å². The fraction of sp³-hybridized carbons (Fsp3) is 0.240. The molecule has 33 heavy (non-hydrogen) atoms. The molecule has 1 aromatic heterocycles. The third-order valence-corrected chi connectivity index (χ3v) is 6.01. The van der Waals surface area contributed by atoms with Gasteiger partial charge in [-0.25, -0.2) is 0 Å². The standard InChI is InChI=1S/C25H23BrN2O5/c1-25(2,3)18-13-19(27-33-18)28-21(14-7-11-17(32-4)12-8-14)20(23(30)24(28)31)22(29)15-5-9-16(26)10-6-15/h5-13,21,29H,1-4H3/b22-20+. The molecule has 170 valence electrons. The molecule has 1 aliphatic heterocycles. The number of methoxy groups -OCH3 is 1. The molecule has 2 heterocycles. The molecular formula is C25H23BrN2O5. The van der Waals surface area contributed by atoms with Crippen molar-refractivity contribution in [3.63, 3.8) is 0 Å². The average molecular weight is 511 g/mol. The fourth-order valence-electron chi connectivity index (χ4n) is 3.67. The van der Waals surface area contributed by atoms with Gasteiger partial charge in [0, 0.05) is 21.5 Å². The lowest BCUT2D eigenvalue weighted by Gasteiger charge is -2.23. The predicted octanol–water partition coefficient (Wildman–Crippen LogP) is 5.37. The zero-order valence-electron chi connectivity index (χ0n) is 18.6. The molecule has 1 saturated heterocycles. The Morgan fingerprint density at radius 1 is 1.09 bits per heavy atom. The molecule has 2 aromatic carbocycles. The van der Waals surface area contributed by atoms with Crippen LogP contribution in [0.15, 0.2) is 69.2 Å². The number of benzene rings is 2. The van der Waals surface area contributed by atoms with E-state index < -0.39 is 17.7 Å². The van der Waals surface area contributed by atoms with E-state index in [0.717, 1.165) is 4.47 Å². The number of aliphatic hydroxyl groups is 1. The van der Waals surface area contributed by atoms with Crippen molar-refractivity contribution in [2.45, 2.75) is 32.2 Å². The minimum Gasteiger partial charge on any atom is -0.507 e. The summed E-state index contributed by atoms with van der Waals surface area (Å²) in [7, 11) is 1.55. The zero-order chi connectivity index (χ0) is 23.9. The van der Waals surface area contributed by atoms with Crippen LogP contribution < -0.4 is 9.64 Å². The number of ether oxygens (including phenoxy) is 1. The van der Waals surface area contributed by atoms with E-state index in [1.807, 2.05) is 20.8 Å². The number of carbonyl (C=O) groups excluding carboxylic acids is 2. The van der Waals surface area contributed by atoms with Gasteiger partial charge in [0.25, 0.3) is 5.78 Å². The number of amides is 1. The largest absolute Gasteiger partial charge is 0.507 e. The number of aromatic nitrogens is 1. The molecule has 1 unspecified atom stereocenters. The van der Waals surface area contributed by atoms with Gasteiger partial charge in [0.15, 0.2) is 5.82 Å². The summed E-state index contributed by atoms with van der Waals surface area (Å²) in [6.45, 7) is 5.87. The second kappa shape index (κ2) is 8.51. The van der Waals surface area contributed by atoms with E-state index in [0.29, 0.717) is 22.6 Å². The number of anilines is 1. The Bertz CT molecular complexity index is 1240. The van der Waals surface area contributed by atoms with Crippen molar-refractivity contribution in [3.8, 4) is 5.75 Å². The Balaban J connectivity index is 1.91. The van der Waals surface area contributed by atoms with Gasteiger partial charge >= 0.3 is 5.91 Å². The number of aliphatic hydroxyl groups excluding tert-OH is 1. The minimum absolute atomic E-state index is 0.0206. The van der Waals surface area contributed by atoms with Gasteiger partial charge in [-0.1, -0.05) is 66.1 Å². The summed E-state index contributed by atoms with van der Waals surface area (Å²) < 4.78 is 11.5. The maximum Gasteiger partial charge on any atom is 0.301 e. The molecule has 1 amide bonds. The highest BCUT2D eigenvalue weighted by atomic mass is 79.9. The number of hydrogen-bond acceptors (Lipinski definition) is 6. The smallest absolute Gasteiger partial charge is 0.301 e. The second-order valence-electron chi connectivity index (χ2n) is 8.75. The number of rotatable bonds is 4. The van der Waals surface area contributed by atoms with Crippen molar-refractivity contribution in [2.24, 2.45) is 0 Å². The van der Waals surface area contributed by atoms with Gasteiger partial charge in [0.05, 0.1) is 18.7 Å². The number of halogens is 1. The first-order chi connectivity index (χ1) is 15.6. The molecule has 0 saturated carbocycles. The lowest BCUT2D eigenvalue weighted by atomic mass is 9.93. The first-order valence-corrected chi connectivity index (χ1v) is 11.1. The molecule has 0 bridgehead atoms. The van der Waals surface area contributed by atoms with Crippen LogP contribution in [-0.4, -0.2) is 29.1 Å². The molecule has 1 atom stereocenters. The van der Waals surface area contributed by atoms with Crippen molar-refractivity contribution < 1.29 is 24.0 Å². The highest BCUT2D eigenvalue weighted by Crippen LogP contribution is 2.43. The molecule has 1 fully saturated rings. The molecule has 1 N–H and O–H groups in total. The summed E-state index contributed by atoms with van der Waals surface area (Å²) in [6.07, 6.45) is 0. The van der Waals surface area contributed by atoms with E-state index in [1.165, 1.54) is 4.90 Å². The van der Waals surface area contributed by atoms with Crippen LogP contribution in [0.5, 0.6) is 5.75 Å². The summed E-state index contributed by atoms with van der Waals surface area (Å²) in [5.74, 6) is -0.443. The fourth-order valence-corrected chi connectivity index (χ4v) is 3.93. The lowest BCUT2D eigenvalue weighted by molar-refractivity contribution is -0.132. The highest BCUT2D eigenvalue weighted by molar-refractivity contribution is 9.10. The van der Waals surface area contributed by atoms with E-state index in [4.69, 9.17) is 9.26 Å². The Hall–Kier alpha value is -3.39. The van der Waals surface area contributed by atoms with Gasteiger partial charge in [-0.3, -0.25) is 14.5 Å². The monoisotopic (exact) mass is 510 g/mol. The summed E-state index contributed by atoms with van der Waals surface area (Å²) in [6, 6.07) is 14.6. The quantitative estimate of drug-likeness (QED) is 0.288. The molecule has 4 rings (SSSR count). The van der Waals surface area contributed by atoms with Gasteiger partial charge < -0.3 is 14.4 Å². The van der Waals surface area contributed by atoms with Crippen LogP contribution in [0.4, 0.5) is 5.82 Å². The van der Waals surface area contributed by atoms with Gasteiger partial charge in [-0.2, -0.15) is 0 Å². The normalized spacial score (nSPS) is 18.1. The molecule has 3 aromatic rings. The maximum atomic E-state index is 13.2. The molecule has 0 spiro atoms. The molecule has 8 heteroatoms. The van der Waals surface area contributed by atoms with E-state index >= 15 is 0 Å². The average Bonchev–Trinajstić information content (AvgIpc) is 3.37. The van der Waals surface area contributed by atoms with Crippen molar-refractivity contribution in [2.75, 3.05) is 12.0 Å². The Labute approximate surface area is 199 Å². The number of ketones is 1. The first kappa shape index (κ1) is 22.8.